The van der Waals surface area contributed by atoms with Crippen LogP contribution < -0.4 is 5.73 Å². The first-order valence-electron chi connectivity index (χ1n) is 10.4. The molecule has 3 N–H and O–H groups in total. The molecule has 0 radical (unpaired) electrons. The molecule has 1 aliphatic rings. The fourth-order valence-corrected chi connectivity index (χ4v) is 3.91. The number of benzene rings is 1. The summed E-state index contributed by atoms with van der Waals surface area (Å²) in [6.45, 7) is 6.57. The van der Waals surface area contributed by atoms with Gasteiger partial charge in [0.15, 0.2) is 5.82 Å². The van der Waals surface area contributed by atoms with Gasteiger partial charge in [0, 0.05) is 29.9 Å². The van der Waals surface area contributed by atoms with Gasteiger partial charge < -0.3 is 20.4 Å². The minimum absolute atomic E-state index is 0.121. The highest BCUT2D eigenvalue weighted by atomic mass is 16.6. The summed E-state index contributed by atoms with van der Waals surface area (Å²) in [6, 6.07) is 12.0. The quantitative estimate of drug-likeness (QED) is 0.643. The Morgan fingerprint density at radius 2 is 2.10 bits per heavy atom. The number of H-pyrrole nitrogens is 1. The number of ether oxygens (including phenoxy) is 1. The van der Waals surface area contributed by atoms with Crippen LogP contribution in [0.3, 0.4) is 0 Å². The van der Waals surface area contributed by atoms with E-state index in [4.69, 9.17) is 15.5 Å². The smallest absolute Gasteiger partial charge is 0.410 e. The molecule has 31 heavy (non-hydrogen) atoms. The third kappa shape index (κ3) is 4.31. The van der Waals surface area contributed by atoms with E-state index in [2.05, 4.69) is 16.0 Å². The van der Waals surface area contributed by atoms with Crippen molar-refractivity contribution >= 4 is 22.8 Å². The molecule has 0 bridgehead atoms. The lowest BCUT2D eigenvalue weighted by molar-refractivity contribution is 0.0197. The van der Waals surface area contributed by atoms with Crippen LogP contribution in [0.1, 0.15) is 50.8 Å². The standard InChI is InChI=1S/C23H26N6O2/c1-23(2,3)31-22(30)29-10-6-8-15(13-29)19-16(12-24)20(25)28-21(27-19)18-11-14-7-4-5-9-17(14)26-18/h4-5,7,9,11,15,26H,6,8,10,13H2,1-3H3,(H2,25,27,28). The zero-order valence-electron chi connectivity index (χ0n) is 18.0. The van der Waals surface area contributed by atoms with Crippen molar-refractivity contribution < 1.29 is 9.53 Å². The number of aromatic nitrogens is 3. The van der Waals surface area contributed by atoms with Gasteiger partial charge in [-0.3, -0.25) is 0 Å². The maximum absolute atomic E-state index is 12.6. The molecule has 1 amide bonds. The summed E-state index contributed by atoms with van der Waals surface area (Å²) in [6.07, 6.45) is 1.24. The van der Waals surface area contributed by atoms with Crippen LogP contribution in [-0.2, 0) is 4.74 Å². The third-order valence-electron chi connectivity index (χ3n) is 5.31. The predicted molar refractivity (Wildman–Crippen MR) is 118 cm³/mol. The molecule has 1 aromatic carbocycles. The van der Waals surface area contributed by atoms with Gasteiger partial charge in [0.25, 0.3) is 0 Å². The lowest BCUT2D eigenvalue weighted by atomic mass is 9.92. The normalized spacial score (nSPS) is 16.8. The maximum atomic E-state index is 12.6. The molecule has 1 unspecified atom stereocenters. The fraction of sp³-hybridized carbons (Fsp3) is 0.391. The highest BCUT2D eigenvalue weighted by Crippen LogP contribution is 2.32. The molecule has 0 spiro atoms. The minimum Gasteiger partial charge on any atom is -0.444 e. The Labute approximate surface area is 181 Å². The Balaban J connectivity index is 1.68. The highest BCUT2D eigenvalue weighted by molar-refractivity contribution is 5.84. The van der Waals surface area contributed by atoms with E-state index in [0.29, 0.717) is 24.6 Å². The van der Waals surface area contributed by atoms with Gasteiger partial charge in [-0.2, -0.15) is 5.26 Å². The molecular weight excluding hydrogens is 392 g/mol. The molecule has 8 heteroatoms. The van der Waals surface area contributed by atoms with Gasteiger partial charge in [0.05, 0.1) is 11.4 Å². The van der Waals surface area contributed by atoms with E-state index in [1.54, 1.807) is 4.90 Å². The number of fused-ring (bicyclic) bond motifs is 1. The number of nitrogens with zero attached hydrogens (tertiary/aromatic N) is 4. The largest absolute Gasteiger partial charge is 0.444 e. The van der Waals surface area contributed by atoms with Crippen molar-refractivity contribution in [2.75, 3.05) is 18.8 Å². The number of nitrogen functional groups attached to an aromatic ring is 1. The van der Waals surface area contributed by atoms with Crippen LogP contribution in [-0.4, -0.2) is 44.6 Å². The van der Waals surface area contributed by atoms with Gasteiger partial charge in [-0.15, -0.1) is 0 Å². The number of carbonyl (C=O) groups is 1. The number of hydrogen-bond donors (Lipinski definition) is 2. The number of rotatable bonds is 2. The van der Waals surface area contributed by atoms with Gasteiger partial charge in [0.1, 0.15) is 23.1 Å². The average Bonchev–Trinajstić information content (AvgIpc) is 3.16. The summed E-state index contributed by atoms with van der Waals surface area (Å²) in [4.78, 5) is 26.7. The lowest BCUT2D eigenvalue weighted by Crippen LogP contribution is -2.42. The first kappa shape index (κ1) is 20.7. The first-order chi connectivity index (χ1) is 14.7. The summed E-state index contributed by atoms with van der Waals surface area (Å²) >= 11 is 0. The molecule has 3 heterocycles. The lowest BCUT2D eigenvalue weighted by Gasteiger charge is -2.34. The van der Waals surface area contributed by atoms with Crippen molar-refractivity contribution in [3.63, 3.8) is 0 Å². The van der Waals surface area contributed by atoms with Gasteiger partial charge in [-0.25, -0.2) is 14.8 Å². The molecule has 8 nitrogen and oxygen atoms in total. The number of nitrogens with one attached hydrogen (secondary N) is 1. The molecule has 4 rings (SSSR count). The second kappa shape index (κ2) is 7.91. The van der Waals surface area contributed by atoms with Crippen LogP contribution in [0, 0.1) is 11.3 Å². The van der Waals surface area contributed by atoms with Gasteiger partial charge in [-0.1, -0.05) is 18.2 Å². The predicted octanol–water partition coefficient (Wildman–Crippen LogP) is 4.19. The van der Waals surface area contributed by atoms with E-state index in [9.17, 15) is 10.1 Å². The monoisotopic (exact) mass is 418 g/mol. The zero-order chi connectivity index (χ0) is 22.2. The second-order valence-electron chi connectivity index (χ2n) is 8.84. The fourth-order valence-electron chi connectivity index (χ4n) is 3.91. The van der Waals surface area contributed by atoms with Crippen LogP contribution in [0.2, 0.25) is 0 Å². The zero-order valence-corrected chi connectivity index (χ0v) is 18.0. The number of hydrogen-bond acceptors (Lipinski definition) is 6. The van der Waals surface area contributed by atoms with Crippen molar-refractivity contribution in [2.45, 2.75) is 45.1 Å². The molecule has 1 atom stereocenters. The second-order valence-corrected chi connectivity index (χ2v) is 8.84. The number of carbonyl (C=O) groups excluding carboxylic acids is 1. The van der Waals surface area contributed by atoms with E-state index >= 15 is 0 Å². The number of amides is 1. The topological polar surface area (TPSA) is 121 Å². The summed E-state index contributed by atoms with van der Waals surface area (Å²) in [5.74, 6) is 0.469. The number of para-hydroxylation sites is 1. The number of nitriles is 1. The van der Waals surface area contributed by atoms with Crippen LogP contribution in [0.25, 0.3) is 22.4 Å². The van der Waals surface area contributed by atoms with E-state index in [1.807, 2.05) is 51.1 Å². The molecule has 0 aliphatic carbocycles. The van der Waals surface area contributed by atoms with Crippen LogP contribution in [0.5, 0.6) is 0 Å². The van der Waals surface area contributed by atoms with Gasteiger partial charge >= 0.3 is 6.09 Å². The number of aromatic amines is 1. The number of anilines is 1. The van der Waals surface area contributed by atoms with Crippen molar-refractivity contribution in [2.24, 2.45) is 0 Å². The van der Waals surface area contributed by atoms with Crippen LogP contribution in [0.15, 0.2) is 30.3 Å². The van der Waals surface area contributed by atoms with E-state index < -0.39 is 5.60 Å². The number of piperidine rings is 1. The Morgan fingerprint density at radius 1 is 1.32 bits per heavy atom. The SMILES string of the molecule is CC(C)(C)OC(=O)N1CCCC(c2nc(-c3cc4ccccc4[nH]3)nc(N)c2C#N)C1. The van der Waals surface area contributed by atoms with Crippen molar-refractivity contribution in [1.82, 2.24) is 19.9 Å². The summed E-state index contributed by atoms with van der Waals surface area (Å²) in [5, 5.41) is 10.8. The molecule has 1 aliphatic heterocycles. The van der Waals surface area contributed by atoms with Crippen molar-refractivity contribution in [3.8, 4) is 17.6 Å². The summed E-state index contributed by atoms with van der Waals surface area (Å²) in [5.41, 5.74) is 8.15. The Kier molecular flexibility index (Phi) is 5.27. The maximum Gasteiger partial charge on any atom is 0.410 e. The van der Waals surface area contributed by atoms with Gasteiger partial charge in [0.2, 0.25) is 0 Å². The van der Waals surface area contributed by atoms with Crippen molar-refractivity contribution in [1.29, 1.82) is 5.26 Å². The molecular formula is C23H26N6O2. The number of likely N-dealkylation sites (tertiary alicyclic amines) is 1. The first-order valence-corrected chi connectivity index (χ1v) is 10.4. The molecule has 1 saturated heterocycles. The van der Waals surface area contributed by atoms with Crippen LogP contribution >= 0.6 is 0 Å². The van der Waals surface area contributed by atoms with Gasteiger partial charge in [-0.05, 0) is 45.7 Å². The van der Waals surface area contributed by atoms with Crippen molar-refractivity contribution in [3.05, 3.63) is 41.6 Å². The Bertz CT molecular complexity index is 1140. The summed E-state index contributed by atoms with van der Waals surface area (Å²) in [7, 11) is 0. The molecule has 3 aromatic rings. The highest BCUT2D eigenvalue weighted by Gasteiger charge is 2.31. The molecule has 2 aromatic heterocycles. The molecule has 1 fully saturated rings. The Hall–Kier alpha value is -3.60. The molecule has 0 saturated carbocycles. The van der Waals surface area contributed by atoms with Crippen LogP contribution in [0.4, 0.5) is 10.6 Å². The molecule has 160 valence electrons. The van der Waals surface area contributed by atoms with E-state index in [1.165, 1.54) is 0 Å². The average molecular weight is 419 g/mol. The minimum atomic E-state index is -0.565. The third-order valence-corrected chi connectivity index (χ3v) is 5.31. The van der Waals surface area contributed by atoms with E-state index in [0.717, 1.165) is 29.4 Å². The summed E-state index contributed by atoms with van der Waals surface area (Å²) < 4.78 is 5.53. The van der Waals surface area contributed by atoms with E-state index in [-0.39, 0.29) is 23.4 Å². The number of nitrogens with two attached hydrogens (primary N) is 1. The Morgan fingerprint density at radius 3 is 2.81 bits per heavy atom.